The Morgan fingerprint density at radius 3 is 0.986 bits per heavy atom. The molecule has 0 aliphatic heterocycles. The fourth-order valence-electron chi connectivity index (χ4n) is 6.51. The van der Waals surface area contributed by atoms with Crippen molar-refractivity contribution in [2.45, 2.75) is 207 Å². The summed E-state index contributed by atoms with van der Waals surface area (Å²) in [6.07, 6.45) is 81.1. The molecule has 0 aromatic rings. The van der Waals surface area contributed by atoms with Crippen molar-refractivity contribution in [1.29, 1.82) is 0 Å². The van der Waals surface area contributed by atoms with Crippen molar-refractivity contribution in [3.05, 3.63) is 158 Å². The third-order valence-corrected chi connectivity index (χ3v) is 10.5. The molecule has 0 saturated heterocycles. The summed E-state index contributed by atoms with van der Waals surface area (Å²) in [6.45, 7) is 6.23. The molecule has 384 valence electrons. The van der Waals surface area contributed by atoms with Crippen LogP contribution in [0.3, 0.4) is 0 Å². The third-order valence-electron chi connectivity index (χ3n) is 10.5. The van der Waals surface area contributed by atoms with Gasteiger partial charge >= 0.3 is 17.9 Å². The largest absolute Gasteiger partial charge is 0.462 e. The number of rotatable bonds is 46. The van der Waals surface area contributed by atoms with E-state index in [-0.39, 0.29) is 38.0 Å². The zero-order valence-electron chi connectivity index (χ0n) is 43.8. The predicted molar refractivity (Wildman–Crippen MR) is 297 cm³/mol. The van der Waals surface area contributed by atoms with Crippen LogP contribution in [0.4, 0.5) is 0 Å². The zero-order valence-corrected chi connectivity index (χ0v) is 43.8. The molecule has 0 aliphatic rings. The Morgan fingerprint density at radius 1 is 0.304 bits per heavy atom. The topological polar surface area (TPSA) is 78.9 Å². The molecule has 0 aromatic heterocycles. The van der Waals surface area contributed by atoms with E-state index in [0.29, 0.717) is 19.3 Å². The minimum absolute atomic E-state index is 0.132. The number of unbranched alkanes of at least 4 members (excludes halogenated alkanes) is 9. The zero-order chi connectivity index (χ0) is 50.0. The molecule has 0 aliphatic carbocycles. The van der Waals surface area contributed by atoms with Crippen molar-refractivity contribution in [2.24, 2.45) is 0 Å². The van der Waals surface area contributed by atoms with E-state index in [9.17, 15) is 14.4 Å². The summed E-state index contributed by atoms with van der Waals surface area (Å²) in [5, 5.41) is 0. The van der Waals surface area contributed by atoms with Crippen molar-refractivity contribution in [3.8, 4) is 0 Å². The molecule has 1 atom stereocenters. The normalized spacial score (nSPS) is 13.4. The molecule has 6 heteroatoms. The van der Waals surface area contributed by atoms with Gasteiger partial charge in [0.05, 0.1) is 0 Å². The molecule has 0 spiro atoms. The SMILES string of the molecule is CC/C=C\C/C=C\C/C=C\C/C=C\C/C=C\C/C=C\C/C=C\C/C=C\CCCCC(=O)OCC(COC(=O)CCCCCCC/C=C\CCCC)OC(=O)CC/C=C\C/C=C\C/C=C\C/C=C\CC. The fourth-order valence-corrected chi connectivity index (χ4v) is 6.51. The summed E-state index contributed by atoms with van der Waals surface area (Å²) in [5.41, 5.74) is 0. The lowest BCUT2D eigenvalue weighted by Gasteiger charge is -2.18. The molecule has 0 bridgehead atoms. The van der Waals surface area contributed by atoms with Crippen LogP contribution in [0.1, 0.15) is 201 Å². The Labute approximate surface area is 422 Å². The maximum atomic E-state index is 12.7. The van der Waals surface area contributed by atoms with Crippen LogP contribution in [0.15, 0.2) is 158 Å². The number of carbonyl (C=O) groups excluding carboxylic acids is 3. The molecule has 0 rings (SSSR count). The third kappa shape index (κ3) is 53.8. The van der Waals surface area contributed by atoms with Gasteiger partial charge in [0.2, 0.25) is 0 Å². The van der Waals surface area contributed by atoms with Gasteiger partial charge in [-0.1, -0.05) is 211 Å². The summed E-state index contributed by atoms with van der Waals surface area (Å²) in [4.78, 5) is 37.9. The van der Waals surface area contributed by atoms with Crippen molar-refractivity contribution in [2.75, 3.05) is 13.2 Å². The first-order valence-corrected chi connectivity index (χ1v) is 27.0. The van der Waals surface area contributed by atoms with Crippen molar-refractivity contribution < 1.29 is 28.6 Å². The molecule has 6 nitrogen and oxygen atoms in total. The van der Waals surface area contributed by atoms with Gasteiger partial charge < -0.3 is 14.2 Å². The van der Waals surface area contributed by atoms with Gasteiger partial charge in [-0.15, -0.1) is 0 Å². The lowest BCUT2D eigenvalue weighted by molar-refractivity contribution is -0.166. The van der Waals surface area contributed by atoms with E-state index in [1.54, 1.807) is 0 Å². The molecule has 0 N–H and O–H groups in total. The molecule has 1 unspecified atom stereocenters. The number of hydrogen-bond acceptors (Lipinski definition) is 6. The molecule has 69 heavy (non-hydrogen) atoms. The molecule has 0 saturated carbocycles. The standard InChI is InChI=1S/C63H96O6/c1-4-7-10-13-16-19-22-24-25-26-27-28-29-30-31-32-33-34-35-36-37-39-41-44-47-50-53-56-62(65)68-59-60(58-67-61(64)55-52-49-46-43-40-21-18-15-12-9-6-3)69-63(66)57-54-51-48-45-42-38-23-20-17-14-11-8-5-2/h7-8,10-11,15-20,24-25,27-28,30-31,33-34,36-38,41-42,44,48,51,60H,4-6,9,12-14,21-23,26,29,32,35,39-40,43,45-47,49-50,52-59H2,1-3H3/b10-7-,11-8-,18-15-,19-16-,20-17-,25-24-,28-27-,31-30-,34-33-,37-36-,42-38-,44-41-,51-48-. The van der Waals surface area contributed by atoms with Crippen molar-refractivity contribution in [3.63, 3.8) is 0 Å². The second-order valence-corrected chi connectivity index (χ2v) is 17.0. The summed E-state index contributed by atoms with van der Waals surface area (Å²) in [6, 6.07) is 0. The Hall–Kier alpha value is -4.97. The maximum absolute atomic E-state index is 12.7. The van der Waals surface area contributed by atoms with Crippen LogP contribution in [-0.4, -0.2) is 37.2 Å². The number of allylic oxidation sites excluding steroid dienone is 26. The first-order valence-electron chi connectivity index (χ1n) is 27.0. The van der Waals surface area contributed by atoms with E-state index in [0.717, 1.165) is 122 Å². The molecular weight excluding hydrogens is 853 g/mol. The van der Waals surface area contributed by atoms with Crippen LogP contribution in [0.2, 0.25) is 0 Å². The van der Waals surface area contributed by atoms with Gasteiger partial charge in [0.15, 0.2) is 6.10 Å². The predicted octanol–water partition coefficient (Wildman–Crippen LogP) is 18.2. The molecule has 0 radical (unpaired) electrons. The summed E-state index contributed by atoms with van der Waals surface area (Å²) in [7, 11) is 0. The molecule has 0 fully saturated rings. The lowest BCUT2D eigenvalue weighted by atomic mass is 10.1. The van der Waals surface area contributed by atoms with Crippen LogP contribution in [-0.2, 0) is 28.6 Å². The average molecular weight is 949 g/mol. The van der Waals surface area contributed by atoms with Crippen LogP contribution >= 0.6 is 0 Å². The number of esters is 3. The number of carbonyl (C=O) groups is 3. The van der Waals surface area contributed by atoms with Crippen LogP contribution in [0.25, 0.3) is 0 Å². The number of hydrogen-bond donors (Lipinski definition) is 0. The second kappa shape index (κ2) is 55.6. The van der Waals surface area contributed by atoms with E-state index in [2.05, 4.69) is 167 Å². The quantitative estimate of drug-likeness (QED) is 0.0262. The Bertz CT molecular complexity index is 1610. The Morgan fingerprint density at radius 2 is 0.594 bits per heavy atom. The maximum Gasteiger partial charge on any atom is 0.306 e. The van der Waals surface area contributed by atoms with Gasteiger partial charge in [-0.05, 0) is 128 Å². The van der Waals surface area contributed by atoms with Crippen molar-refractivity contribution in [1.82, 2.24) is 0 Å². The van der Waals surface area contributed by atoms with Gasteiger partial charge in [-0.3, -0.25) is 14.4 Å². The van der Waals surface area contributed by atoms with Gasteiger partial charge in [-0.2, -0.15) is 0 Å². The highest BCUT2D eigenvalue weighted by atomic mass is 16.6. The lowest BCUT2D eigenvalue weighted by Crippen LogP contribution is -2.30. The minimum atomic E-state index is -0.844. The molecule has 0 heterocycles. The average Bonchev–Trinajstić information content (AvgIpc) is 3.35. The molecule has 0 aromatic carbocycles. The van der Waals surface area contributed by atoms with Crippen molar-refractivity contribution >= 4 is 17.9 Å². The monoisotopic (exact) mass is 949 g/mol. The second-order valence-electron chi connectivity index (χ2n) is 17.0. The highest BCUT2D eigenvalue weighted by molar-refractivity contribution is 5.71. The van der Waals surface area contributed by atoms with Gasteiger partial charge in [0.1, 0.15) is 13.2 Å². The van der Waals surface area contributed by atoms with E-state index in [1.807, 2.05) is 12.2 Å². The first kappa shape index (κ1) is 64.0. The summed E-state index contributed by atoms with van der Waals surface area (Å²) in [5.74, 6) is -1.08. The van der Waals surface area contributed by atoms with Crippen LogP contribution in [0, 0.1) is 0 Å². The van der Waals surface area contributed by atoms with E-state index >= 15 is 0 Å². The summed E-state index contributed by atoms with van der Waals surface area (Å²) >= 11 is 0. The first-order chi connectivity index (χ1) is 34.0. The van der Waals surface area contributed by atoms with E-state index in [1.165, 1.54) is 25.7 Å². The summed E-state index contributed by atoms with van der Waals surface area (Å²) < 4.78 is 16.7. The highest BCUT2D eigenvalue weighted by Gasteiger charge is 2.19. The van der Waals surface area contributed by atoms with Crippen LogP contribution in [0.5, 0.6) is 0 Å². The van der Waals surface area contributed by atoms with Gasteiger partial charge in [0, 0.05) is 19.3 Å². The van der Waals surface area contributed by atoms with E-state index < -0.39 is 12.1 Å². The highest BCUT2D eigenvalue weighted by Crippen LogP contribution is 2.11. The Balaban J connectivity index is 4.47. The number of ether oxygens (including phenoxy) is 3. The Kier molecular flexibility index (Phi) is 51.6. The van der Waals surface area contributed by atoms with Gasteiger partial charge in [0.25, 0.3) is 0 Å². The van der Waals surface area contributed by atoms with Gasteiger partial charge in [-0.25, -0.2) is 0 Å². The molecule has 0 amide bonds. The minimum Gasteiger partial charge on any atom is -0.462 e. The fraction of sp³-hybridized carbons (Fsp3) is 0.540. The smallest absolute Gasteiger partial charge is 0.306 e. The van der Waals surface area contributed by atoms with Crippen LogP contribution < -0.4 is 0 Å². The van der Waals surface area contributed by atoms with E-state index in [4.69, 9.17) is 14.2 Å². The molecular formula is C63H96O6.